The SMILES string of the molecule is C[C-](O)C(N[C](=[WH])CN(C)C(=O)OC(C)(C)C)C(=O)N1CCC[C@H]1C(=O)N[C@H](CN)C1CCCCC1. The van der Waals surface area contributed by atoms with Crippen molar-refractivity contribution in [2.24, 2.45) is 11.7 Å². The van der Waals surface area contributed by atoms with Crippen LogP contribution in [0.5, 0.6) is 0 Å². The van der Waals surface area contributed by atoms with E-state index in [1.807, 2.05) is 0 Å². The first kappa shape index (κ1) is 30.9. The number of nitrogens with zero attached hydrogens (tertiary/aromatic N) is 2. The molecule has 0 bridgehead atoms. The van der Waals surface area contributed by atoms with Gasteiger partial charge in [0.1, 0.15) is 0 Å². The monoisotopic (exact) mass is 679 g/mol. The number of rotatable bonds is 10. The van der Waals surface area contributed by atoms with Crippen molar-refractivity contribution in [1.29, 1.82) is 0 Å². The van der Waals surface area contributed by atoms with E-state index in [0.29, 0.717) is 25.4 Å². The van der Waals surface area contributed by atoms with Gasteiger partial charge in [0.15, 0.2) is 0 Å². The molecule has 2 fully saturated rings. The first-order valence-corrected chi connectivity index (χ1v) is 14.5. The van der Waals surface area contributed by atoms with Crippen LogP contribution in [0.3, 0.4) is 0 Å². The number of amides is 3. The summed E-state index contributed by atoms with van der Waals surface area (Å²) in [7, 11) is 1.62. The van der Waals surface area contributed by atoms with Crippen LogP contribution in [0.25, 0.3) is 0 Å². The van der Waals surface area contributed by atoms with Crippen molar-refractivity contribution in [3.8, 4) is 0 Å². The number of carbonyl (C=O) groups is 3. The molecule has 2 rings (SSSR count). The predicted molar refractivity (Wildman–Crippen MR) is 135 cm³/mol. The number of likely N-dealkylation sites (tertiary alicyclic amines) is 1. The van der Waals surface area contributed by atoms with Crippen LogP contribution in [0.1, 0.15) is 72.6 Å². The predicted octanol–water partition coefficient (Wildman–Crippen LogP) is 1.16. The molecule has 0 aromatic rings. The molecule has 1 saturated carbocycles. The summed E-state index contributed by atoms with van der Waals surface area (Å²) >= 11 is 0.781. The van der Waals surface area contributed by atoms with E-state index in [1.54, 1.807) is 32.7 Å². The van der Waals surface area contributed by atoms with Crippen LogP contribution in [-0.4, -0.2) is 87.2 Å². The van der Waals surface area contributed by atoms with Crippen LogP contribution in [0, 0.1) is 12.0 Å². The molecule has 10 nitrogen and oxygen atoms in total. The molecule has 11 heteroatoms. The van der Waals surface area contributed by atoms with Gasteiger partial charge in [0, 0.05) is 0 Å². The summed E-state index contributed by atoms with van der Waals surface area (Å²) in [5.41, 5.74) is 5.39. The first-order chi connectivity index (χ1) is 16.8. The maximum atomic E-state index is 13.5. The number of nitrogens with one attached hydrogen (secondary N) is 2. The summed E-state index contributed by atoms with van der Waals surface area (Å²) < 4.78 is 6.10. The van der Waals surface area contributed by atoms with Gasteiger partial charge in [-0.15, -0.1) is 0 Å². The average molecular weight is 680 g/mol. The van der Waals surface area contributed by atoms with Crippen molar-refractivity contribution in [3.63, 3.8) is 0 Å². The van der Waals surface area contributed by atoms with Gasteiger partial charge in [-0.25, -0.2) is 0 Å². The summed E-state index contributed by atoms with van der Waals surface area (Å²) in [4.78, 5) is 42.0. The summed E-state index contributed by atoms with van der Waals surface area (Å²) in [6.07, 6.45) is 6.41. The number of nitrogens with two attached hydrogens (primary N) is 1. The van der Waals surface area contributed by atoms with Gasteiger partial charge in [0.2, 0.25) is 0 Å². The van der Waals surface area contributed by atoms with E-state index in [-0.39, 0.29) is 30.5 Å². The molecule has 3 atom stereocenters. The molecule has 2 aliphatic rings. The number of hydrogen-bond donors (Lipinski definition) is 4. The van der Waals surface area contributed by atoms with Gasteiger partial charge in [0.05, 0.1) is 0 Å². The summed E-state index contributed by atoms with van der Waals surface area (Å²) in [5, 5.41) is 16.6. The van der Waals surface area contributed by atoms with E-state index < -0.39 is 23.8 Å². The van der Waals surface area contributed by atoms with Crippen molar-refractivity contribution in [2.75, 3.05) is 26.7 Å². The number of carbonyl (C=O) groups excluding carboxylic acids is 3. The van der Waals surface area contributed by atoms with Crippen LogP contribution in [-0.2, 0) is 33.7 Å². The van der Waals surface area contributed by atoms with Gasteiger partial charge in [-0.1, -0.05) is 6.42 Å². The Morgan fingerprint density at radius 3 is 2.36 bits per heavy atom. The second kappa shape index (κ2) is 14.0. The second-order valence-electron chi connectivity index (χ2n) is 10.9. The molecule has 36 heavy (non-hydrogen) atoms. The summed E-state index contributed by atoms with van der Waals surface area (Å²) in [5.74, 6) is -0.143. The molecule has 5 N–H and O–H groups in total. The van der Waals surface area contributed by atoms with Crippen molar-refractivity contribution in [2.45, 2.75) is 96.4 Å². The number of aliphatic hydroxyl groups is 1. The fraction of sp³-hybridized carbons (Fsp3) is 0.800. The van der Waals surface area contributed by atoms with Crippen LogP contribution in [0.4, 0.5) is 4.79 Å². The molecule has 0 spiro atoms. The molecule has 3 amide bonds. The van der Waals surface area contributed by atoms with Crippen LogP contribution in [0.15, 0.2) is 0 Å². The van der Waals surface area contributed by atoms with Crippen LogP contribution >= 0.6 is 0 Å². The third-order valence-electron chi connectivity index (χ3n) is 6.71. The van der Waals surface area contributed by atoms with Gasteiger partial charge in [-0.05, 0) is 0 Å². The number of aliphatic hydroxyl groups excluding tert-OH is 1. The van der Waals surface area contributed by atoms with E-state index in [4.69, 9.17) is 10.5 Å². The third kappa shape index (κ3) is 9.19. The van der Waals surface area contributed by atoms with Crippen molar-refractivity contribution >= 4 is 21.9 Å². The summed E-state index contributed by atoms with van der Waals surface area (Å²) in [6, 6.07) is -1.66. The molecule has 1 saturated heterocycles. The standard InChI is InChI=1S/C25H44N5O5.W.H/c1-17(31)21(27-13-15-29(5)24(34)35-25(2,3)4)23(33)30-14-9-12-20(30)22(32)28-19(16-26)18-10-7-6-8-11-18;;/h18-21,27,31H,6-12,14-16,26H2,1-5H3,(H,28,32);;/q-1;;/t19-,20+,21?;;/m1../s1. The average Bonchev–Trinajstić information content (AvgIpc) is 3.30. The Balaban J connectivity index is 2.01. The molecule has 0 aromatic heterocycles. The molecular weight excluding hydrogens is 634 g/mol. The molecule has 1 unspecified atom stereocenters. The molecule has 1 aliphatic heterocycles. The Labute approximate surface area is 226 Å². The molecule has 0 radical (unpaired) electrons. The number of likely N-dealkylation sites (N-methyl/N-ethyl adjacent to an activating group) is 1. The molecule has 0 aromatic carbocycles. The topological polar surface area (TPSA) is 137 Å². The first-order valence-electron chi connectivity index (χ1n) is 12.9. The maximum absolute atomic E-state index is 13.5. The Hall–Kier alpha value is -1.35. The van der Waals surface area contributed by atoms with Gasteiger partial charge >= 0.3 is 220 Å². The Bertz CT molecular complexity index is 781. The van der Waals surface area contributed by atoms with Gasteiger partial charge in [-0.3, -0.25) is 0 Å². The third-order valence-corrected chi connectivity index (χ3v) is 7.68. The summed E-state index contributed by atoms with van der Waals surface area (Å²) in [6.45, 7) is 7.94. The van der Waals surface area contributed by atoms with E-state index in [9.17, 15) is 19.5 Å². The zero-order chi connectivity index (χ0) is 27.0. The van der Waals surface area contributed by atoms with Crippen LogP contribution in [0.2, 0.25) is 0 Å². The zero-order valence-electron chi connectivity index (χ0n) is 22.4. The fourth-order valence-corrected chi connectivity index (χ4v) is 6.07. The van der Waals surface area contributed by atoms with Gasteiger partial charge < -0.3 is 0 Å². The van der Waals surface area contributed by atoms with Crippen LogP contribution < -0.4 is 16.4 Å². The molecule has 1 heterocycles. The minimum absolute atomic E-state index is 0.0841. The molecular formula is C25H45N5O5W-. The Kier molecular flexibility index (Phi) is 12.0. The molecule has 1 aliphatic carbocycles. The normalized spacial score (nSPS) is 20.7. The Morgan fingerprint density at radius 1 is 1.17 bits per heavy atom. The number of hydrogen-bond acceptors (Lipinski definition) is 7. The van der Waals surface area contributed by atoms with Gasteiger partial charge in [-0.2, -0.15) is 0 Å². The van der Waals surface area contributed by atoms with Crippen molar-refractivity contribution < 1.29 is 43.6 Å². The van der Waals surface area contributed by atoms with Crippen molar-refractivity contribution in [1.82, 2.24) is 20.4 Å². The second-order valence-corrected chi connectivity index (χ2v) is 12.9. The van der Waals surface area contributed by atoms with E-state index in [2.05, 4.69) is 10.6 Å². The quantitative estimate of drug-likeness (QED) is 0.255. The van der Waals surface area contributed by atoms with Crippen molar-refractivity contribution in [3.05, 3.63) is 6.10 Å². The fourth-order valence-electron chi connectivity index (χ4n) is 4.84. The number of ether oxygens (including phenoxy) is 1. The van der Waals surface area contributed by atoms with E-state index in [1.165, 1.54) is 18.2 Å². The van der Waals surface area contributed by atoms with E-state index >= 15 is 0 Å². The zero-order valence-corrected chi connectivity index (χ0v) is 25.6. The van der Waals surface area contributed by atoms with E-state index in [0.717, 1.165) is 55.5 Å². The molecule has 207 valence electrons. The van der Waals surface area contributed by atoms with Gasteiger partial charge in [0.25, 0.3) is 0 Å². The minimum atomic E-state index is -0.992. The Morgan fingerprint density at radius 2 is 1.81 bits per heavy atom.